The van der Waals surface area contributed by atoms with Gasteiger partial charge < -0.3 is 5.32 Å². The van der Waals surface area contributed by atoms with Gasteiger partial charge >= 0.3 is 5.92 Å². The van der Waals surface area contributed by atoms with Crippen molar-refractivity contribution in [3.8, 4) is 0 Å². The van der Waals surface area contributed by atoms with E-state index in [4.69, 9.17) is 0 Å². The Labute approximate surface area is 69.4 Å². The van der Waals surface area contributed by atoms with Gasteiger partial charge in [0, 0.05) is 12.7 Å². The van der Waals surface area contributed by atoms with Crippen molar-refractivity contribution in [1.29, 1.82) is 0 Å². The van der Waals surface area contributed by atoms with E-state index < -0.39 is 11.8 Å². The van der Waals surface area contributed by atoms with Crippen LogP contribution in [0.2, 0.25) is 0 Å². The number of rotatable bonds is 0. The maximum atomic E-state index is 13.0. The number of allylic oxidation sites excluding steroid dienone is 3. The molecule has 0 aromatic carbocycles. The molecule has 0 radical (unpaired) electrons. The summed E-state index contributed by atoms with van der Waals surface area (Å²) in [6.07, 6.45) is 4.36. The van der Waals surface area contributed by atoms with Gasteiger partial charge in [-0.3, -0.25) is 4.79 Å². The third-order valence-corrected chi connectivity index (χ3v) is 2.03. The topological polar surface area (TPSA) is 29.1 Å². The fraction of sp³-hybridized carbons (Fsp3) is 0.375. The van der Waals surface area contributed by atoms with Gasteiger partial charge in [0.2, 0.25) is 0 Å². The molecule has 0 aromatic rings. The Balaban J connectivity index is 0.000000845. The van der Waals surface area contributed by atoms with E-state index in [1.165, 1.54) is 6.08 Å². The Morgan fingerprint density at radius 3 is 2.75 bits per heavy atom. The molecule has 0 bridgehead atoms. The molecule has 0 spiro atoms. The lowest BCUT2D eigenvalue weighted by molar-refractivity contribution is -0.136. The zero-order chi connectivity index (χ0) is 8.77. The molecule has 1 fully saturated rings. The summed E-state index contributed by atoms with van der Waals surface area (Å²) in [5, 5.41) is 2.15. The summed E-state index contributed by atoms with van der Waals surface area (Å²) < 4.78 is 25.9. The van der Waals surface area contributed by atoms with Crippen LogP contribution in [0.15, 0.2) is 23.4 Å². The predicted octanol–water partition coefficient (Wildman–Crippen LogP) is 1.60. The fourth-order valence-corrected chi connectivity index (χ4v) is 1.41. The van der Waals surface area contributed by atoms with Crippen molar-refractivity contribution >= 4 is 5.91 Å². The molecule has 1 N–H and O–H groups in total. The second kappa shape index (κ2) is 2.15. The molecule has 0 unspecified atom stereocenters. The minimum absolute atomic E-state index is 0. The molecule has 0 saturated carbocycles. The van der Waals surface area contributed by atoms with E-state index in [0.29, 0.717) is 6.42 Å². The number of halogens is 2. The lowest BCUT2D eigenvalue weighted by Crippen LogP contribution is -2.29. The summed E-state index contributed by atoms with van der Waals surface area (Å²) >= 11 is 0. The first-order chi connectivity index (χ1) is 5.62. The monoisotopic (exact) mass is 173 g/mol. The van der Waals surface area contributed by atoms with Gasteiger partial charge in [-0.1, -0.05) is 12.2 Å². The van der Waals surface area contributed by atoms with Crippen LogP contribution in [0.1, 0.15) is 14.3 Å². The van der Waals surface area contributed by atoms with Crippen LogP contribution in [0, 0.1) is 0 Å². The molecule has 1 saturated heterocycles. The summed E-state index contributed by atoms with van der Waals surface area (Å²) in [5.41, 5.74) is 0.134. The predicted molar refractivity (Wildman–Crippen MR) is 40.6 cm³/mol. The molecule has 66 valence electrons. The molecule has 0 aromatic heterocycles. The molecule has 4 heteroatoms. The van der Waals surface area contributed by atoms with E-state index in [9.17, 15) is 13.6 Å². The first-order valence-electron chi connectivity index (χ1n) is 3.73. The number of carbonyl (C=O) groups excluding carboxylic acids is 1. The largest absolute Gasteiger partial charge is 0.351 e. The standard InChI is InChI=1S/C8H7F2NO.H2/c9-8(10)5-3-1-2-4-6(5)11-7(8)12;/h3-4H,1-2H2,(H,11,12);1H. The van der Waals surface area contributed by atoms with E-state index in [-0.39, 0.29) is 12.7 Å². The van der Waals surface area contributed by atoms with Crippen LogP contribution in [0.5, 0.6) is 0 Å². The van der Waals surface area contributed by atoms with Gasteiger partial charge in [-0.2, -0.15) is 8.78 Å². The summed E-state index contributed by atoms with van der Waals surface area (Å²) in [6, 6.07) is 0. The minimum atomic E-state index is -3.31. The van der Waals surface area contributed by atoms with Crippen LogP contribution in [0.4, 0.5) is 8.78 Å². The molecule has 12 heavy (non-hydrogen) atoms. The Morgan fingerprint density at radius 2 is 2.08 bits per heavy atom. The third kappa shape index (κ3) is 0.807. The van der Waals surface area contributed by atoms with Crippen molar-refractivity contribution < 1.29 is 15.0 Å². The lowest BCUT2D eigenvalue weighted by Gasteiger charge is -2.09. The summed E-state index contributed by atoms with van der Waals surface area (Å²) in [6.45, 7) is 0. The van der Waals surface area contributed by atoms with Crippen LogP contribution >= 0.6 is 0 Å². The molecule has 1 amide bonds. The van der Waals surface area contributed by atoms with Crippen molar-refractivity contribution in [3.05, 3.63) is 23.4 Å². The normalized spacial score (nSPS) is 25.7. The number of alkyl halides is 2. The molecule has 2 aliphatic rings. The molecule has 2 rings (SSSR count). The van der Waals surface area contributed by atoms with Crippen LogP contribution in [0.3, 0.4) is 0 Å². The number of hydrogen-bond donors (Lipinski definition) is 1. The van der Waals surface area contributed by atoms with Gasteiger partial charge in [0.1, 0.15) is 0 Å². The quantitative estimate of drug-likeness (QED) is 0.592. The van der Waals surface area contributed by atoms with Gasteiger partial charge in [-0.05, 0) is 12.8 Å². The Kier molecular flexibility index (Phi) is 1.34. The number of nitrogens with one attached hydrogen (secondary N) is 1. The van der Waals surface area contributed by atoms with E-state index >= 15 is 0 Å². The molecule has 0 atom stereocenters. The highest BCUT2D eigenvalue weighted by Crippen LogP contribution is 2.37. The number of amides is 1. The minimum Gasteiger partial charge on any atom is -0.320 e. The van der Waals surface area contributed by atoms with Crippen molar-refractivity contribution in [2.24, 2.45) is 0 Å². The van der Waals surface area contributed by atoms with Crippen molar-refractivity contribution in [2.45, 2.75) is 18.8 Å². The van der Waals surface area contributed by atoms with Gasteiger partial charge in [0.15, 0.2) is 0 Å². The SMILES string of the molecule is O=C1NC2=CCCC=C2C1(F)F.[HH]. The van der Waals surface area contributed by atoms with Gasteiger partial charge in [0.05, 0.1) is 0 Å². The molecule has 1 aliphatic carbocycles. The summed E-state index contributed by atoms with van der Waals surface area (Å²) in [5.74, 6) is -4.52. The molecule has 1 heterocycles. The Hall–Kier alpha value is -1.19. The summed E-state index contributed by atoms with van der Waals surface area (Å²) in [7, 11) is 0. The van der Waals surface area contributed by atoms with E-state index in [2.05, 4.69) is 5.32 Å². The highest BCUT2D eigenvalue weighted by Gasteiger charge is 2.50. The van der Waals surface area contributed by atoms with E-state index in [0.717, 1.165) is 6.42 Å². The summed E-state index contributed by atoms with van der Waals surface area (Å²) in [4.78, 5) is 10.7. The van der Waals surface area contributed by atoms with Crippen LogP contribution in [0.25, 0.3) is 0 Å². The van der Waals surface area contributed by atoms with E-state index in [1.54, 1.807) is 6.08 Å². The maximum Gasteiger partial charge on any atom is 0.351 e. The Bertz CT molecular complexity index is 309. The second-order valence-electron chi connectivity index (χ2n) is 2.84. The Morgan fingerprint density at radius 1 is 1.42 bits per heavy atom. The van der Waals surface area contributed by atoms with Gasteiger partial charge in [-0.25, -0.2) is 0 Å². The van der Waals surface area contributed by atoms with Crippen molar-refractivity contribution in [2.75, 3.05) is 0 Å². The first-order valence-corrected chi connectivity index (χ1v) is 3.73. The van der Waals surface area contributed by atoms with Crippen molar-refractivity contribution in [1.82, 2.24) is 5.32 Å². The number of carbonyl (C=O) groups is 1. The number of fused-ring (bicyclic) bond motifs is 1. The van der Waals surface area contributed by atoms with Gasteiger partial charge in [-0.15, -0.1) is 0 Å². The zero-order valence-electron chi connectivity index (χ0n) is 6.23. The van der Waals surface area contributed by atoms with Gasteiger partial charge in [0.25, 0.3) is 5.91 Å². The molecular weight excluding hydrogens is 164 g/mol. The maximum absolute atomic E-state index is 13.0. The zero-order valence-corrected chi connectivity index (χ0v) is 6.23. The molecule has 1 aliphatic heterocycles. The second-order valence-corrected chi connectivity index (χ2v) is 2.84. The smallest absolute Gasteiger partial charge is 0.320 e. The highest BCUT2D eigenvalue weighted by molar-refractivity contribution is 5.94. The average Bonchev–Trinajstić information content (AvgIpc) is 2.25. The fourth-order valence-electron chi connectivity index (χ4n) is 1.41. The average molecular weight is 173 g/mol. The lowest BCUT2D eigenvalue weighted by atomic mass is 10.0. The van der Waals surface area contributed by atoms with Crippen LogP contribution < -0.4 is 5.32 Å². The third-order valence-electron chi connectivity index (χ3n) is 2.03. The van der Waals surface area contributed by atoms with Crippen molar-refractivity contribution in [3.63, 3.8) is 0 Å². The number of hydrogen-bond acceptors (Lipinski definition) is 1. The van der Waals surface area contributed by atoms with Crippen LogP contribution in [-0.2, 0) is 4.79 Å². The first kappa shape index (κ1) is 7.46. The molecular formula is C8H9F2NO. The molecule has 2 nitrogen and oxygen atoms in total. The van der Waals surface area contributed by atoms with Crippen LogP contribution in [-0.4, -0.2) is 11.8 Å². The highest BCUT2D eigenvalue weighted by atomic mass is 19.3. The van der Waals surface area contributed by atoms with E-state index in [1.807, 2.05) is 0 Å².